The van der Waals surface area contributed by atoms with Gasteiger partial charge < -0.3 is 10.1 Å². The molecular formula is C14H20FNO2S. The molecule has 0 unspecified atom stereocenters. The molecule has 0 aliphatic heterocycles. The van der Waals surface area contributed by atoms with E-state index in [1.54, 1.807) is 6.07 Å². The molecule has 19 heavy (non-hydrogen) atoms. The van der Waals surface area contributed by atoms with Gasteiger partial charge in [-0.25, -0.2) is 4.39 Å². The Labute approximate surface area is 118 Å². The van der Waals surface area contributed by atoms with Crippen LogP contribution in [0.3, 0.4) is 0 Å². The third kappa shape index (κ3) is 7.18. The zero-order valence-corrected chi connectivity index (χ0v) is 12.2. The summed E-state index contributed by atoms with van der Waals surface area (Å²) in [5, 5.41) is 3.01. The maximum atomic E-state index is 13.4. The van der Waals surface area contributed by atoms with Gasteiger partial charge in [-0.1, -0.05) is 13.8 Å². The number of carbonyl (C=O) groups is 1. The minimum atomic E-state index is -0.351. The first kappa shape index (κ1) is 16.0. The van der Waals surface area contributed by atoms with Crippen molar-refractivity contribution in [2.45, 2.75) is 32.7 Å². The predicted octanol–water partition coefficient (Wildman–Crippen LogP) is 2.59. The second-order valence-corrected chi connectivity index (χ2v) is 5.15. The number of carbonyl (C=O) groups excluding carboxylic acids is 1. The summed E-state index contributed by atoms with van der Waals surface area (Å²) in [5.74, 6) is 0.142. The highest BCUT2D eigenvalue weighted by atomic mass is 32.1. The lowest BCUT2D eigenvalue weighted by Gasteiger charge is -2.11. The minimum Gasteiger partial charge on any atom is -0.492 e. The monoisotopic (exact) mass is 285 g/mol. The number of hydrogen-bond acceptors (Lipinski definition) is 3. The summed E-state index contributed by atoms with van der Waals surface area (Å²) in [7, 11) is 0. The summed E-state index contributed by atoms with van der Waals surface area (Å²) in [5.41, 5.74) is 0.745. The molecule has 106 valence electrons. The van der Waals surface area contributed by atoms with Crippen molar-refractivity contribution in [3.8, 4) is 5.75 Å². The summed E-state index contributed by atoms with van der Waals surface area (Å²) < 4.78 is 18.9. The van der Waals surface area contributed by atoms with Gasteiger partial charge in [-0.15, -0.1) is 12.6 Å². The van der Waals surface area contributed by atoms with Crippen molar-refractivity contribution in [1.29, 1.82) is 0 Å². The Bertz CT molecular complexity index is 424. The molecule has 1 aromatic carbocycles. The highest BCUT2D eigenvalue weighted by Crippen LogP contribution is 2.18. The van der Waals surface area contributed by atoms with E-state index in [0.29, 0.717) is 37.8 Å². The van der Waals surface area contributed by atoms with Gasteiger partial charge in [-0.2, -0.15) is 0 Å². The maximum absolute atomic E-state index is 13.4. The number of rotatable bonds is 8. The molecule has 0 bridgehead atoms. The van der Waals surface area contributed by atoms with Crippen LogP contribution < -0.4 is 10.1 Å². The highest BCUT2D eigenvalue weighted by molar-refractivity contribution is 7.96. The lowest BCUT2D eigenvalue weighted by molar-refractivity contribution is -0.110. The number of hydrogen-bond donors (Lipinski definition) is 2. The fourth-order valence-electron chi connectivity index (χ4n) is 1.62. The molecule has 0 saturated heterocycles. The van der Waals surface area contributed by atoms with Crippen molar-refractivity contribution < 1.29 is 13.9 Å². The van der Waals surface area contributed by atoms with Crippen LogP contribution in [0.25, 0.3) is 0 Å². The normalized spacial score (nSPS) is 10.8. The van der Waals surface area contributed by atoms with E-state index in [2.05, 4.69) is 31.8 Å². The second-order valence-electron chi connectivity index (χ2n) is 4.65. The number of ether oxygens (including phenoxy) is 1. The summed E-state index contributed by atoms with van der Waals surface area (Å²) in [6.07, 6.45) is 0.765. The van der Waals surface area contributed by atoms with E-state index in [0.717, 1.165) is 5.56 Å². The lowest BCUT2D eigenvalue weighted by Crippen LogP contribution is -2.27. The SMILES string of the molecule is CC(C)NCCOc1cc(F)cc(CCC(=O)S)c1. The molecule has 1 aromatic rings. The van der Waals surface area contributed by atoms with Crippen LogP contribution in [-0.4, -0.2) is 24.3 Å². The smallest absolute Gasteiger partial charge is 0.186 e. The van der Waals surface area contributed by atoms with E-state index in [4.69, 9.17) is 4.74 Å². The van der Waals surface area contributed by atoms with Gasteiger partial charge in [0, 0.05) is 25.1 Å². The first-order valence-corrected chi connectivity index (χ1v) is 6.79. The van der Waals surface area contributed by atoms with Crippen LogP contribution in [0, 0.1) is 5.82 Å². The van der Waals surface area contributed by atoms with E-state index in [1.807, 2.05) is 0 Å². The van der Waals surface area contributed by atoms with Gasteiger partial charge in [-0.3, -0.25) is 4.79 Å². The first-order chi connectivity index (χ1) is 8.97. The molecule has 0 heterocycles. The average molecular weight is 285 g/mol. The van der Waals surface area contributed by atoms with Crippen LogP contribution in [0.15, 0.2) is 18.2 Å². The van der Waals surface area contributed by atoms with Gasteiger partial charge in [-0.05, 0) is 24.1 Å². The number of nitrogens with one attached hydrogen (secondary N) is 1. The van der Waals surface area contributed by atoms with Crippen molar-refractivity contribution in [1.82, 2.24) is 5.32 Å². The van der Waals surface area contributed by atoms with Crippen LogP contribution in [0.2, 0.25) is 0 Å². The third-order valence-electron chi connectivity index (χ3n) is 2.48. The van der Waals surface area contributed by atoms with Crippen molar-refractivity contribution in [2.75, 3.05) is 13.2 Å². The van der Waals surface area contributed by atoms with E-state index in [1.165, 1.54) is 12.1 Å². The van der Waals surface area contributed by atoms with Gasteiger partial charge in [0.25, 0.3) is 0 Å². The van der Waals surface area contributed by atoms with Crippen molar-refractivity contribution in [2.24, 2.45) is 0 Å². The van der Waals surface area contributed by atoms with Crippen LogP contribution in [-0.2, 0) is 11.2 Å². The fourth-order valence-corrected chi connectivity index (χ4v) is 1.73. The Hall–Kier alpha value is -1.07. The predicted molar refractivity (Wildman–Crippen MR) is 77.3 cm³/mol. The quantitative estimate of drug-likeness (QED) is 0.569. The maximum Gasteiger partial charge on any atom is 0.186 e. The Morgan fingerprint density at radius 1 is 1.42 bits per heavy atom. The van der Waals surface area contributed by atoms with Gasteiger partial charge in [0.1, 0.15) is 18.2 Å². The van der Waals surface area contributed by atoms with Crippen LogP contribution in [0.1, 0.15) is 25.8 Å². The Balaban J connectivity index is 2.51. The molecule has 0 radical (unpaired) electrons. The molecule has 5 heteroatoms. The molecule has 0 fully saturated rings. The minimum absolute atomic E-state index is 0.201. The molecule has 1 N–H and O–H groups in total. The Morgan fingerprint density at radius 3 is 2.79 bits per heavy atom. The van der Waals surface area contributed by atoms with Gasteiger partial charge in [0.15, 0.2) is 5.12 Å². The zero-order chi connectivity index (χ0) is 14.3. The van der Waals surface area contributed by atoms with Crippen molar-refractivity contribution in [3.05, 3.63) is 29.6 Å². The lowest BCUT2D eigenvalue weighted by atomic mass is 10.1. The van der Waals surface area contributed by atoms with E-state index in [9.17, 15) is 9.18 Å². The Morgan fingerprint density at radius 2 is 2.16 bits per heavy atom. The molecule has 0 saturated carbocycles. The summed E-state index contributed by atoms with van der Waals surface area (Å²) in [4.78, 5) is 10.8. The van der Waals surface area contributed by atoms with E-state index in [-0.39, 0.29) is 10.9 Å². The summed E-state index contributed by atoms with van der Waals surface area (Å²) in [6, 6.07) is 4.92. The topological polar surface area (TPSA) is 38.3 Å². The summed E-state index contributed by atoms with van der Waals surface area (Å²) >= 11 is 3.70. The number of benzene rings is 1. The van der Waals surface area contributed by atoms with Crippen molar-refractivity contribution >= 4 is 17.7 Å². The molecule has 3 nitrogen and oxygen atoms in total. The highest BCUT2D eigenvalue weighted by Gasteiger charge is 2.04. The zero-order valence-electron chi connectivity index (χ0n) is 11.3. The molecule has 0 aliphatic rings. The average Bonchev–Trinajstić information content (AvgIpc) is 2.31. The number of thiol groups is 1. The van der Waals surface area contributed by atoms with Gasteiger partial charge >= 0.3 is 0 Å². The second kappa shape index (κ2) is 8.17. The molecule has 0 aromatic heterocycles. The van der Waals surface area contributed by atoms with Crippen LogP contribution in [0.4, 0.5) is 4.39 Å². The van der Waals surface area contributed by atoms with Gasteiger partial charge in [0.05, 0.1) is 0 Å². The molecular weight excluding hydrogens is 265 g/mol. The van der Waals surface area contributed by atoms with E-state index < -0.39 is 0 Å². The largest absolute Gasteiger partial charge is 0.492 e. The molecule has 0 atom stereocenters. The number of halogens is 1. The van der Waals surface area contributed by atoms with Crippen molar-refractivity contribution in [3.63, 3.8) is 0 Å². The molecule has 0 amide bonds. The van der Waals surface area contributed by atoms with E-state index >= 15 is 0 Å². The molecule has 0 spiro atoms. The Kier molecular flexibility index (Phi) is 6.87. The number of aryl methyl sites for hydroxylation is 1. The summed E-state index contributed by atoms with van der Waals surface area (Å²) in [6.45, 7) is 5.29. The fraction of sp³-hybridized carbons (Fsp3) is 0.500. The third-order valence-corrected chi connectivity index (χ3v) is 2.71. The first-order valence-electron chi connectivity index (χ1n) is 6.35. The van der Waals surface area contributed by atoms with Crippen LogP contribution >= 0.6 is 12.6 Å². The molecule has 0 aliphatic carbocycles. The van der Waals surface area contributed by atoms with Crippen LogP contribution in [0.5, 0.6) is 5.75 Å². The molecule has 1 rings (SSSR count). The standard InChI is InChI=1S/C14H20FNO2S/c1-10(2)16-5-6-18-13-8-11(3-4-14(17)19)7-12(15)9-13/h7-10,16H,3-6H2,1-2H3,(H,17,19). The van der Waals surface area contributed by atoms with Gasteiger partial charge in [0.2, 0.25) is 0 Å².